The van der Waals surface area contributed by atoms with E-state index in [-0.39, 0.29) is 23.5 Å². The quantitative estimate of drug-likeness (QED) is 0.477. The van der Waals surface area contributed by atoms with Gasteiger partial charge in [-0.2, -0.15) is 0 Å². The Hall–Kier alpha value is -3.04. The number of esters is 1. The molecule has 1 N–H and O–H groups in total. The van der Waals surface area contributed by atoms with Gasteiger partial charge in [-0.15, -0.1) is 11.3 Å². The van der Waals surface area contributed by atoms with Crippen molar-refractivity contribution >= 4 is 33.5 Å². The summed E-state index contributed by atoms with van der Waals surface area (Å²) in [6.45, 7) is 1.98. The second-order valence-corrected chi connectivity index (χ2v) is 6.97. The number of carboxylic acids is 1. The van der Waals surface area contributed by atoms with Crippen LogP contribution in [-0.4, -0.2) is 46.9 Å². The number of aliphatic carboxylic acids is 1. The van der Waals surface area contributed by atoms with Crippen molar-refractivity contribution in [1.29, 1.82) is 0 Å². The van der Waals surface area contributed by atoms with Crippen LogP contribution in [0.5, 0.6) is 0 Å². The highest BCUT2D eigenvalue weighted by Gasteiger charge is 2.26. The molecular formula is C19H18N2O6S. The molecule has 0 saturated heterocycles. The Bertz CT molecular complexity index is 1070. The third kappa shape index (κ3) is 3.67. The van der Waals surface area contributed by atoms with Crippen LogP contribution in [0.1, 0.15) is 26.8 Å². The summed E-state index contributed by atoms with van der Waals surface area (Å²) in [6, 6.07) is 7.21. The first kappa shape index (κ1) is 19.7. The smallest absolute Gasteiger partial charge is 0.348 e. The van der Waals surface area contributed by atoms with E-state index in [2.05, 4.69) is 4.98 Å². The van der Waals surface area contributed by atoms with Gasteiger partial charge in [0.05, 0.1) is 12.0 Å². The number of hydrogen-bond donors (Lipinski definition) is 1. The molecule has 0 aliphatic rings. The molecular weight excluding hydrogens is 384 g/mol. The van der Waals surface area contributed by atoms with Gasteiger partial charge >= 0.3 is 11.9 Å². The molecule has 0 amide bonds. The van der Waals surface area contributed by atoms with Crippen molar-refractivity contribution in [1.82, 2.24) is 9.55 Å². The number of hydrogen-bond acceptors (Lipinski definition) is 7. The van der Waals surface area contributed by atoms with Crippen LogP contribution in [0.15, 0.2) is 41.5 Å². The predicted octanol–water partition coefficient (Wildman–Crippen LogP) is 2.24. The molecule has 0 bridgehead atoms. The van der Waals surface area contributed by atoms with Gasteiger partial charge in [0, 0.05) is 7.11 Å². The van der Waals surface area contributed by atoms with Crippen LogP contribution < -0.4 is 5.56 Å². The fourth-order valence-corrected chi connectivity index (χ4v) is 3.89. The molecule has 0 aliphatic heterocycles. The Morgan fingerprint density at radius 3 is 2.61 bits per heavy atom. The van der Waals surface area contributed by atoms with E-state index in [0.717, 1.165) is 15.9 Å². The first-order chi connectivity index (χ1) is 13.5. The first-order valence-corrected chi connectivity index (χ1v) is 9.21. The molecule has 146 valence electrons. The predicted molar refractivity (Wildman–Crippen MR) is 103 cm³/mol. The van der Waals surface area contributed by atoms with Crippen molar-refractivity contribution in [3.63, 3.8) is 0 Å². The van der Waals surface area contributed by atoms with Gasteiger partial charge in [-0.3, -0.25) is 9.36 Å². The molecule has 1 unspecified atom stereocenters. The van der Waals surface area contributed by atoms with Gasteiger partial charge in [0.2, 0.25) is 0 Å². The zero-order chi connectivity index (χ0) is 20.3. The Labute approximate surface area is 164 Å². The number of thiophene rings is 1. The van der Waals surface area contributed by atoms with E-state index < -0.39 is 23.5 Å². The molecule has 1 atom stereocenters. The van der Waals surface area contributed by atoms with Crippen molar-refractivity contribution in [2.24, 2.45) is 0 Å². The summed E-state index contributed by atoms with van der Waals surface area (Å²) < 4.78 is 11.0. The van der Waals surface area contributed by atoms with Crippen molar-refractivity contribution in [2.45, 2.75) is 13.0 Å². The van der Waals surface area contributed by atoms with Gasteiger partial charge in [-0.25, -0.2) is 14.6 Å². The lowest BCUT2D eigenvalue weighted by molar-refractivity contribution is -0.139. The Morgan fingerprint density at radius 1 is 1.25 bits per heavy atom. The molecule has 2 aromatic heterocycles. The molecule has 0 fully saturated rings. The highest BCUT2D eigenvalue weighted by atomic mass is 32.1. The van der Waals surface area contributed by atoms with E-state index in [1.54, 1.807) is 37.3 Å². The minimum absolute atomic E-state index is 0.0930. The molecule has 0 radical (unpaired) electrons. The number of benzene rings is 1. The van der Waals surface area contributed by atoms with Crippen LogP contribution in [0.2, 0.25) is 0 Å². The monoisotopic (exact) mass is 402 g/mol. The topological polar surface area (TPSA) is 108 Å². The summed E-state index contributed by atoms with van der Waals surface area (Å²) in [5.74, 6) is -1.75. The normalized spacial score (nSPS) is 12.1. The highest BCUT2D eigenvalue weighted by molar-refractivity contribution is 7.20. The van der Waals surface area contributed by atoms with Gasteiger partial charge in [-0.1, -0.05) is 30.3 Å². The lowest BCUT2D eigenvalue weighted by Crippen LogP contribution is -2.30. The van der Waals surface area contributed by atoms with E-state index >= 15 is 0 Å². The summed E-state index contributed by atoms with van der Waals surface area (Å²) in [7, 11) is 1.50. The fraction of sp³-hybridized carbons (Fsp3) is 0.263. The van der Waals surface area contributed by atoms with Crippen LogP contribution in [0, 0.1) is 6.92 Å². The number of fused-ring (bicyclic) bond motifs is 1. The molecule has 28 heavy (non-hydrogen) atoms. The first-order valence-electron chi connectivity index (χ1n) is 8.39. The number of ether oxygens (including phenoxy) is 2. The second kappa shape index (κ2) is 8.32. The van der Waals surface area contributed by atoms with Crippen LogP contribution >= 0.6 is 11.3 Å². The van der Waals surface area contributed by atoms with Gasteiger partial charge in [-0.05, 0) is 18.1 Å². The van der Waals surface area contributed by atoms with Crippen molar-refractivity contribution in [3.05, 3.63) is 63.0 Å². The number of carbonyl (C=O) groups is 2. The lowest BCUT2D eigenvalue weighted by atomic mass is 10.1. The maximum atomic E-state index is 13.1. The Morgan fingerprint density at radius 2 is 1.96 bits per heavy atom. The molecule has 1 aromatic carbocycles. The van der Waals surface area contributed by atoms with E-state index in [1.807, 2.05) is 0 Å². The number of aryl methyl sites for hydroxylation is 1. The summed E-state index contributed by atoms with van der Waals surface area (Å²) in [5, 5.41) is 9.91. The highest BCUT2D eigenvalue weighted by Crippen LogP contribution is 2.28. The van der Waals surface area contributed by atoms with Gasteiger partial charge in [0.25, 0.3) is 5.56 Å². The zero-order valence-corrected chi connectivity index (χ0v) is 16.1. The van der Waals surface area contributed by atoms with Gasteiger partial charge in [0.15, 0.2) is 6.04 Å². The number of methoxy groups -OCH3 is 1. The van der Waals surface area contributed by atoms with Crippen molar-refractivity contribution in [2.75, 3.05) is 20.3 Å². The van der Waals surface area contributed by atoms with Gasteiger partial charge in [0.1, 0.15) is 22.6 Å². The minimum Gasteiger partial charge on any atom is -0.479 e. The van der Waals surface area contributed by atoms with Crippen LogP contribution in [0.3, 0.4) is 0 Å². The van der Waals surface area contributed by atoms with Crippen LogP contribution in [0.4, 0.5) is 0 Å². The molecule has 3 aromatic rings. The number of aromatic nitrogens is 2. The average molecular weight is 402 g/mol. The maximum Gasteiger partial charge on any atom is 0.348 e. The minimum atomic E-state index is -1.22. The lowest BCUT2D eigenvalue weighted by Gasteiger charge is -2.15. The van der Waals surface area contributed by atoms with Crippen molar-refractivity contribution in [3.8, 4) is 0 Å². The third-order valence-corrected chi connectivity index (χ3v) is 5.39. The van der Waals surface area contributed by atoms with E-state index in [0.29, 0.717) is 16.0 Å². The summed E-state index contributed by atoms with van der Waals surface area (Å²) in [5.41, 5.74) is 0.350. The van der Waals surface area contributed by atoms with Crippen LogP contribution in [-0.2, 0) is 14.3 Å². The number of carbonyl (C=O) groups excluding carboxylic acids is 1. The SMILES string of the molecule is COCCOC(=O)c1sc2ncn(C(C(=O)O)c3ccccc3)c(=O)c2c1C. The summed E-state index contributed by atoms with van der Waals surface area (Å²) >= 11 is 1.04. The summed E-state index contributed by atoms with van der Waals surface area (Å²) in [6.07, 6.45) is 1.20. The number of carboxylic acid groups (broad SMARTS) is 1. The van der Waals surface area contributed by atoms with E-state index in [1.165, 1.54) is 13.4 Å². The standard InChI is InChI=1S/C19H18N2O6S/c1-11-13-16(28-15(11)19(25)27-9-8-26-2)20-10-21(17(13)22)14(18(23)24)12-6-4-3-5-7-12/h3-7,10,14H,8-9H2,1-2H3,(H,23,24). The fourth-order valence-electron chi connectivity index (χ4n) is 2.86. The maximum absolute atomic E-state index is 13.1. The molecule has 0 spiro atoms. The van der Waals surface area contributed by atoms with Crippen LogP contribution in [0.25, 0.3) is 10.2 Å². The average Bonchev–Trinajstić information content (AvgIpc) is 3.02. The Kier molecular flexibility index (Phi) is 5.86. The van der Waals surface area contributed by atoms with Gasteiger partial charge < -0.3 is 14.6 Å². The zero-order valence-electron chi connectivity index (χ0n) is 15.2. The van der Waals surface area contributed by atoms with E-state index in [9.17, 15) is 19.5 Å². The molecule has 8 nitrogen and oxygen atoms in total. The number of rotatable bonds is 7. The molecule has 9 heteroatoms. The van der Waals surface area contributed by atoms with Crippen molar-refractivity contribution < 1.29 is 24.2 Å². The molecule has 3 rings (SSSR count). The Balaban J connectivity index is 2.08. The largest absolute Gasteiger partial charge is 0.479 e. The summed E-state index contributed by atoms with van der Waals surface area (Å²) in [4.78, 5) is 42.0. The third-order valence-electron chi connectivity index (χ3n) is 4.21. The van der Waals surface area contributed by atoms with E-state index in [4.69, 9.17) is 9.47 Å². The molecule has 2 heterocycles. The second-order valence-electron chi connectivity index (χ2n) is 5.97. The molecule has 0 saturated carbocycles. The number of nitrogens with zero attached hydrogens (tertiary/aromatic N) is 2. The molecule has 0 aliphatic carbocycles.